The summed E-state index contributed by atoms with van der Waals surface area (Å²) in [4.78, 5) is 11.3. The van der Waals surface area contributed by atoms with Gasteiger partial charge in [0, 0.05) is 13.1 Å². The molecule has 1 fully saturated rings. The fourth-order valence-corrected chi connectivity index (χ4v) is 2.69. The zero-order valence-electron chi connectivity index (χ0n) is 9.16. The second-order valence-electron chi connectivity index (χ2n) is 4.00. The van der Waals surface area contributed by atoms with Crippen LogP contribution >= 0.6 is 11.8 Å². The van der Waals surface area contributed by atoms with E-state index in [0.717, 1.165) is 6.54 Å². The van der Waals surface area contributed by atoms with Crippen molar-refractivity contribution in [1.29, 1.82) is 0 Å². The Morgan fingerprint density at radius 2 is 2.13 bits per heavy atom. The van der Waals surface area contributed by atoms with Crippen LogP contribution < -0.4 is 10.6 Å². The monoisotopic (exact) mass is 232 g/mol. The minimum Gasteiger partial charge on any atom is -0.392 e. The van der Waals surface area contributed by atoms with Crippen LogP contribution in [0.25, 0.3) is 0 Å². The Hall–Kier alpha value is -0.420. The van der Waals surface area contributed by atoms with Gasteiger partial charge in [-0.2, -0.15) is 11.8 Å². The first-order valence-corrected chi connectivity index (χ1v) is 6.61. The summed E-state index contributed by atoms with van der Waals surface area (Å²) >= 11 is 1.99. The Labute approximate surface area is 95.2 Å². The molecule has 1 heterocycles. The Bertz CT molecular complexity index is 194. The first-order valence-electron chi connectivity index (χ1n) is 5.46. The molecule has 88 valence electrons. The first-order chi connectivity index (χ1) is 7.18. The summed E-state index contributed by atoms with van der Waals surface area (Å²) < 4.78 is 0. The van der Waals surface area contributed by atoms with Gasteiger partial charge in [0.15, 0.2) is 0 Å². The molecule has 1 unspecified atom stereocenters. The van der Waals surface area contributed by atoms with Crippen LogP contribution in [0, 0.1) is 5.92 Å². The second kappa shape index (κ2) is 6.95. The maximum absolute atomic E-state index is 11.3. The van der Waals surface area contributed by atoms with Crippen molar-refractivity contribution >= 4 is 17.8 Å². The normalized spacial score (nSPS) is 19.6. The van der Waals surface area contributed by atoms with E-state index < -0.39 is 6.10 Å². The minimum atomic E-state index is -0.484. The van der Waals surface area contributed by atoms with Crippen LogP contribution in [0.3, 0.4) is 0 Å². The van der Waals surface area contributed by atoms with E-state index in [1.807, 2.05) is 11.8 Å². The molecule has 4 nitrogen and oxygen atoms in total. The number of amides is 2. The number of rotatable bonds is 4. The van der Waals surface area contributed by atoms with Crippen molar-refractivity contribution in [3.63, 3.8) is 0 Å². The summed E-state index contributed by atoms with van der Waals surface area (Å²) in [5, 5.41) is 14.4. The third-order valence-electron chi connectivity index (χ3n) is 2.45. The molecule has 1 rings (SSSR count). The Morgan fingerprint density at radius 1 is 1.47 bits per heavy atom. The number of nitrogens with one attached hydrogen (secondary N) is 2. The third-order valence-corrected chi connectivity index (χ3v) is 3.50. The fourth-order valence-electron chi connectivity index (χ4n) is 1.49. The Kier molecular flexibility index (Phi) is 5.86. The molecular formula is C10H20N2O2S. The zero-order chi connectivity index (χ0) is 11.1. The van der Waals surface area contributed by atoms with Gasteiger partial charge in [-0.05, 0) is 37.2 Å². The highest BCUT2D eigenvalue weighted by atomic mass is 32.2. The van der Waals surface area contributed by atoms with E-state index in [4.69, 9.17) is 5.11 Å². The average molecular weight is 232 g/mol. The van der Waals surface area contributed by atoms with Crippen LogP contribution in [0.2, 0.25) is 0 Å². The van der Waals surface area contributed by atoms with Crippen molar-refractivity contribution in [2.24, 2.45) is 5.92 Å². The van der Waals surface area contributed by atoms with Crippen LogP contribution in [0.15, 0.2) is 0 Å². The average Bonchev–Trinajstić information content (AvgIpc) is 2.25. The molecule has 0 bridgehead atoms. The molecule has 0 saturated carbocycles. The van der Waals surface area contributed by atoms with Crippen molar-refractivity contribution in [3.8, 4) is 0 Å². The van der Waals surface area contributed by atoms with Crippen LogP contribution in [0.5, 0.6) is 0 Å². The van der Waals surface area contributed by atoms with Gasteiger partial charge in [-0.25, -0.2) is 4.79 Å². The lowest BCUT2D eigenvalue weighted by atomic mass is 10.0. The van der Waals surface area contributed by atoms with Gasteiger partial charge in [0.1, 0.15) is 0 Å². The summed E-state index contributed by atoms with van der Waals surface area (Å²) in [6.45, 7) is 2.72. The second-order valence-corrected chi connectivity index (χ2v) is 5.22. The summed E-state index contributed by atoms with van der Waals surface area (Å²) in [6, 6.07) is -0.172. The lowest BCUT2D eigenvalue weighted by Crippen LogP contribution is -2.41. The predicted octanol–water partition coefficient (Wildman–Crippen LogP) is 0.810. The van der Waals surface area contributed by atoms with Gasteiger partial charge in [-0.3, -0.25) is 0 Å². The van der Waals surface area contributed by atoms with Gasteiger partial charge < -0.3 is 15.7 Å². The number of thioether (sulfide) groups is 1. The topological polar surface area (TPSA) is 61.4 Å². The fraction of sp³-hybridized carbons (Fsp3) is 0.900. The number of hydrogen-bond acceptors (Lipinski definition) is 3. The largest absolute Gasteiger partial charge is 0.392 e. The van der Waals surface area contributed by atoms with Gasteiger partial charge in [-0.15, -0.1) is 0 Å². The van der Waals surface area contributed by atoms with E-state index in [0.29, 0.717) is 12.5 Å². The van der Waals surface area contributed by atoms with E-state index in [-0.39, 0.29) is 6.03 Å². The molecule has 0 aromatic carbocycles. The molecule has 2 amide bonds. The summed E-state index contributed by atoms with van der Waals surface area (Å²) in [5.41, 5.74) is 0. The number of carbonyl (C=O) groups excluding carboxylic acids is 1. The highest BCUT2D eigenvalue weighted by molar-refractivity contribution is 7.99. The van der Waals surface area contributed by atoms with E-state index in [1.165, 1.54) is 24.3 Å². The van der Waals surface area contributed by atoms with Crippen molar-refractivity contribution in [3.05, 3.63) is 0 Å². The highest BCUT2D eigenvalue weighted by Crippen LogP contribution is 2.21. The molecule has 0 aromatic rings. The van der Waals surface area contributed by atoms with E-state index in [9.17, 15) is 4.79 Å². The molecule has 0 radical (unpaired) electrons. The standard InChI is InChI=1S/C10H20N2O2S/c1-8(13)6-11-10(14)12-7-9-2-4-15-5-3-9/h8-9,13H,2-7H2,1H3,(H2,11,12,14). The summed E-state index contributed by atoms with van der Waals surface area (Å²) in [7, 11) is 0. The zero-order valence-corrected chi connectivity index (χ0v) is 9.98. The molecule has 1 saturated heterocycles. The van der Waals surface area contributed by atoms with Crippen molar-refractivity contribution in [1.82, 2.24) is 10.6 Å². The molecule has 0 aromatic heterocycles. The smallest absolute Gasteiger partial charge is 0.314 e. The molecule has 5 heteroatoms. The van der Waals surface area contributed by atoms with Gasteiger partial charge in [0.25, 0.3) is 0 Å². The lowest BCUT2D eigenvalue weighted by molar-refractivity contribution is 0.187. The Balaban J connectivity index is 2.05. The summed E-state index contributed by atoms with van der Waals surface area (Å²) in [6.07, 6.45) is 1.91. The number of aliphatic hydroxyl groups is 1. The van der Waals surface area contributed by atoms with Crippen molar-refractivity contribution < 1.29 is 9.90 Å². The maximum atomic E-state index is 11.3. The van der Waals surface area contributed by atoms with Crippen LogP contribution in [0.1, 0.15) is 19.8 Å². The van der Waals surface area contributed by atoms with Crippen molar-refractivity contribution in [2.75, 3.05) is 24.6 Å². The van der Waals surface area contributed by atoms with E-state index in [1.54, 1.807) is 6.92 Å². The van der Waals surface area contributed by atoms with Crippen molar-refractivity contribution in [2.45, 2.75) is 25.9 Å². The molecule has 1 atom stereocenters. The molecule has 3 N–H and O–H groups in total. The van der Waals surface area contributed by atoms with Gasteiger partial charge in [-0.1, -0.05) is 0 Å². The lowest BCUT2D eigenvalue weighted by Gasteiger charge is -2.21. The van der Waals surface area contributed by atoms with Crippen LogP contribution in [-0.2, 0) is 0 Å². The quantitative estimate of drug-likeness (QED) is 0.672. The number of aliphatic hydroxyl groups excluding tert-OH is 1. The molecule has 1 aliphatic heterocycles. The third kappa shape index (κ3) is 5.89. The molecule has 0 spiro atoms. The van der Waals surface area contributed by atoms with Crippen LogP contribution in [0.4, 0.5) is 4.79 Å². The highest BCUT2D eigenvalue weighted by Gasteiger charge is 2.14. The predicted molar refractivity (Wildman–Crippen MR) is 63.1 cm³/mol. The number of urea groups is 1. The maximum Gasteiger partial charge on any atom is 0.314 e. The molecular weight excluding hydrogens is 212 g/mol. The van der Waals surface area contributed by atoms with Gasteiger partial charge >= 0.3 is 6.03 Å². The van der Waals surface area contributed by atoms with E-state index in [2.05, 4.69) is 10.6 Å². The molecule has 1 aliphatic rings. The molecule has 0 aliphatic carbocycles. The SMILES string of the molecule is CC(O)CNC(=O)NCC1CCSCC1. The molecule has 15 heavy (non-hydrogen) atoms. The van der Waals surface area contributed by atoms with Gasteiger partial charge in [0.2, 0.25) is 0 Å². The number of hydrogen-bond donors (Lipinski definition) is 3. The minimum absolute atomic E-state index is 0.172. The van der Waals surface area contributed by atoms with Gasteiger partial charge in [0.05, 0.1) is 6.10 Å². The van der Waals surface area contributed by atoms with E-state index >= 15 is 0 Å². The Morgan fingerprint density at radius 3 is 2.73 bits per heavy atom. The summed E-state index contributed by atoms with van der Waals surface area (Å²) in [5.74, 6) is 3.05. The van der Waals surface area contributed by atoms with Crippen LogP contribution in [-0.4, -0.2) is 41.8 Å². The first kappa shape index (κ1) is 12.6. The number of carbonyl (C=O) groups is 1.